The molecule has 0 amide bonds. The third-order valence-electron chi connectivity index (χ3n) is 10.3. The maximum atomic E-state index is 13.1. The molecule has 1 aliphatic heterocycles. The van der Waals surface area contributed by atoms with E-state index in [1.807, 2.05) is 24.3 Å². The topological polar surface area (TPSA) is 18.5 Å². The molecule has 6 aromatic rings. The Balaban J connectivity index is 0.00000497. The first-order valence-electron chi connectivity index (χ1n) is 18.0. The molecule has 0 N–H and O–H groups in total. The molecule has 3 nitrogen and oxygen atoms in total. The Morgan fingerprint density at radius 3 is 1.26 bits per heavy atom. The predicted octanol–water partition coefficient (Wildman–Crippen LogP) is 10.2. The van der Waals surface area contributed by atoms with E-state index in [1.165, 1.54) is 24.3 Å². The lowest BCUT2D eigenvalue weighted by Gasteiger charge is -2.39. The van der Waals surface area contributed by atoms with Gasteiger partial charge in [0.15, 0.2) is 0 Å². The first-order valence-corrected chi connectivity index (χ1v) is 18.0. The lowest BCUT2D eigenvalue weighted by molar-refractivity contribution is -0.953. The van der Waals surface area contributed by atoms with Crippen LogP contribution in [0.2, 0.25) is 0 Å². The second-order valence-corrected chi connectivity index (χ2v) is 14.0. The summed E-state index contributed by atoms with van der Waals surface area (Å²) in [4.78, 5) is 0. The summed E-state index contributed by atoms with van der Waals surface area (Å²) < 4.78 is 88.0. The molecular weight excluding hydrogens is 768 g/mol. The summed E-state index contributed by atoms with van der Waals surface area (Å²) in [6, 6.07) is 33.0. The van der Waals surface area contributed by atoms with Crippen molar-refractivity contribution >= 4 is 21.5 Å². The number of unbranched alkanes of at least 4 members (excludes halogenated alkanes) is 2. The Kier molecular flexibility index (Phi) is 11.4. The number of halogens is 7. The third-order valence-corrected chi connectivity index (χ3v) is 10.3. The number of benzene rings is 6. The van der Waals surface area contributed by atoms with Gasteiger partial charge in [0.25, 0.3) is 0 Å². The zero-order valence-electron chi connectivity index (χ0n) is 30.0. The Hall–Kier alpha value is -4.54. The van der Waals surface area contributed by atoms with Crippen LogP contribution in [0.15, 0.2) is 109 Å². The van der Waals surface area contributed by atoms with Gasteiger partial charge < -0.3 is 30.9 Å². The highest BCUT2D eigenvalue weighted by Crippen LogP contribution is 2.50. The van der Waals surface area contributed by atoms with E-state index in [0.717, 1.165) is 109 Å². The summed E-state index contributed by atoms with van der Waals surface area (Å²) in [5.74, 6) is -0.562. The molecule has 0 unspecified atom stereocenters. The van der Waals surface area contributed by atoms with E-state index in [0.29, 0.717) is 13.1 Å². The predicted molar refractivity (Wildman–Crippen MR) is 198 cm³/mol. The zero-order valence-corrected chi connectivity index (χ0v) is 31.5. The quantitative estimate of drug-likeness (QED) is 0.101. The van der Waals surface area contributed by atoms with Gasteiger partial charge in [-0.3, -0.25) is 0 Å². The molecule has 0 aromatic heterocycles. The number of alkyl halides is 6. The minimum Gasteiger partial charge on any atom is -1.00 e. The van der Waals surface area contributed by atoms with Crippen LogP contribution in [0.3, 0.4) is 0 Å². The molecule has 1 heterocycles. The molecular formula is C44H40BrF6NO2. The Labute approximate surface area is 321 Å². The molecule has 0 spiro atoms. The van der Waals surface area contributed by atoms with Crippen LogP contribution in [0.1, 0.15) is 50.7 Å². The molecule has 10 heteroatoms. The summed E-state index contributed by atoms with van der Waals surface area (Å²) in [6.45, 7) is 7.57. The fourth-order valence-corrected chi connectivity index (χ4v) is 8.01. The summed E-state index contributed by atoms with van der Waals surface area (Å²) in [7, 11) is 0. The summed E-state index contributed by atoms with van der Waals surface area (Å²) in [5.41, 5.74) is 7.86. The second-order valence-electron chi connectivity index (χ2n) is 14.0. The van der Waals surface area contributed by atoms with Crippen molar-refractivity contribution in [2.75, 3.05) is 13.1 Å². The highest BCUT2D eigenvalue weighted by molar-refractivity contribution is 6.12. The summed E-state index contributed by atoms with van der Waals surface area (Å²) >= 11 is 0. The molecule has 1 aliphatic rings. The lowest BCUT2D eigenvalue weighted by Crippen LogP contribution is -3.00. The number of quaternary nitrogens is 1. The average Bonchev–Trinajstić information content (AvgIpc) is 3.27. The molecule has 54 heavy (non-hydrogen) atoms. The van der Waals surface area contributed by atoms with Gasteiger partial charge in [0, 0.05) is 22.3 Å². The van der Waals surface area contributed by atoms with Gasteiger partial charge in [-0.05, 0) is 93.0 Å². The smallest absolute Gasteiger partial charge is 0.573 e. The fraction of sp³-hybridized carbons (Fsp3) is 0.273. The van der Waals surface area contributed by atoms with Gasteiger partial charge in [0.2, 0.25) is 0 Å². The summed E-state index contributed by atoms with van der Waals surface area (Å²) in [6.07, 6.45) is -5.61. The van der Waals surface area contributed by atoms with Crippen LogP contribution in [0, 0.1) is 0 Å². The van der Waals surface area contributed by atoms with Crippen molar-refractivity contribution in [3.63, 3.8) is 0 Å². The molecule has 0 saturated carbocycles. The molecule has 282 valence electrons. The summed E-state index contributed by atoms with van der Waals surface area (Å²) in [5, 5.41) is 4.11. The zero-order chi connectivity index (χ0) is 37.4. The van der Waals surface area contributed by atoms with Crippen LogP contribution in [-0.4, -0.2) is 30.3 Å². The number of ether oxygens (including phenoxy) is 2. The van der Waals surface area contributed by atoms with Crippen LogP contribution in [0.4, 0.5) is 26.3 Å². The Morgan fingerprint density at radius 1 is 0.537 bits per heavy atom. The fourth-order valence-electron chi connectivity index (χ4n) is 8.01. The van der Waals surface area contributed by atoms with E-state index in [1.54, 1.807) is 24.3 Å². The molecule has 0 fully saturated rings. The number of hydrogen-bond acceptors (Lipinski definition) is 2. The molecule has 7 rings (SSSR count). The molecule has 0 radical (unpaired) electrons. The monoisotopic (exact) mass is 807 g/mol. The van der Waals surface area contributed by atoms with Crippen molar-refractivity contribution in [2.24, 2.45) is 0 Å². The van der Waals surface area contributed by atoms with E-state index < -0.39 is 12.7 Å². The van der Waals surface area contributed by atoms with Crippen LogP contribution in [0.25, 0.3) is 54.9 Å². The first kappa shape index (κ1) is 39.2. The van der Waals surface area contributed by atoms with E-state index in [-0.39, 0.29) is 28.5 Å². The van der Waals surface area contributed by atoms with E-state index in [2.05, 4.69) is 59.7 Å². The third kappa shape index (κ3) is 8.25. The standard InChI is InChI=1S/C44H40F6NO2.BrH/c1-3-5-23-51(24-6-4-2)27-39-37(29-15-19-33(20-16-29)52-43(45,46)47)25-31-11-7-9-13-35(31)41(39)42-36-14-10-8-12-32(36)26-38(40(42)28-51)30-17-21-34(22-18-30)53-44(48,49)50;/h7-22,25-26H,3-6,23-24,27-28H2,1-2H3;1H/q+1;/p-1. The van der Waals surface area contributed by atoms with Gasteiger partial charge in [-0.2, -0.15) is 0 Å². The van der Waals surface area contributed by atoms with Crippen molar-refractivity contribution in [1.82, 2.24) is 0 Å². The minimum atomic E-state index is -4.80. The van der Waals surface area contributed by atoms with E-state index in [4.69, 9.17) is 0 Å². The van der Waals surface area contributed by atoms with Gasteiger partial charge in [0.05, 0.1) is 13.1 Å². The minimum absolute atomic E-state index is 0. The van der Waals surface area contributed by atoms with Gasteiger partial charge in [-0.15, -0.1) is 26.3 Å². The highest BCUT2D eigenvalue weighted by atomic mass is 79.9. The molecule has 0 saturated heterocycles. The highest BCUT2D eigenvalue weighted by Gasteiger charge is 2.38. The van der Waals surface area contributed by atoms with E-state index in [9.17, 15) is 26.3 Å². The molecule has 0 atom stereocenters. The van der Waals surface area contributed by atoms with Crippen LogP contribution < -0.4 is 26.5 Å². The van der Waals surface area contributed by atoms with Crippen molar-refractivity contribution < 1.29 is 57.3 Å². The normalized spacial score (nSPS) is 13.9. The lowest BCUT2D eigenvalue weighted by atomic mass is 9.82. The van der Waals surface area contributed by atoms with Crippen molar-refractivity contribution in [2.45, 2.75) is 65.3 Å². The van der Waals surface area contributed by atoms with Gasteiger partial charge in [-0.1, -0.05) is 99.5 Å². The molecule has 0 aliphatic carbocycles. The van der Waals surface area contributed by atoms with Crippen molar-refractivity contribution in [3.05, 3.63) is 120 Å². The van der Waals surface area contributed by atoms with Crippen molar-refractivity contribution in [1.29, 1.82) is 0 Å². The Bertz CT molecular complexity index is 2090. The first-order chi connectivity index (χ1) is 25.4. The number of fused-ring (bicyclic) bond motifs is 7. The number of hydrogen-bond donors (Lipinski definition) is 0. The molecule has 6 aromatic carbocycles. The Morgan fingerprint density at radius 2 is 0.907 bits per heavy atom. The van der Waals surface area contributed by atoms with Gasteiger partial charge in [-0.25, -0.2) is 0 Å². The molecule has 0 bridgehead atoms. The van der Waals surface area contributed by atoms with Crippen LogP contribution >= 0.6 is 0 Å². The van der Waals surface area contributed by atoms with Gasteiger partial charge in [0.1, 0.15) is 24.6 Å². The maximum absolute atomic E-state index is 13.1. The van der Waals surface area contributed by atoms with Crippen LogP contribution in [0.5, 0.6) is 11.5 Å². The largest absolute Gasteiger partial charge is 1.00 e. The van der Waals surface area contributed by atoms with Crippen LogP contribution in [-0.2, 0) is 13.1 Å². The van der Waals surface area contributed by atoms with Gasteiger partial charge >= 0.3 is 12.7 Å². The maximum Gasteiger partial charge on any atom is 0.573 e. The average molecular weight is 809 g/mol. The SMILES string of the molecule is CCCC[N+]1(CCCC)Cc2c(-c3ccc(OC(F)(F)F)cc3)cc3ccccc3c2-c2c(c(-c3ccc(OC(F)(F)F)cc3)cc3ccccc23)C1.[Br-]. The second kappa shape index (κ2) is 15.7. The van der Waals surface area contributed by atoms with E-state index >= 15 is 0 Å². The number of nitrogens with zero attached hydrogens (tertiary/aromatic N) is 1. The number of rotatable bonds is 10. The van der Waals surface area contributed by atoms with Crippen molar-refractivity contribution in [3.8, 4) is 44.9 Å².